The van der Waals surface area contributed by atoms with Gasteiger partial charge in [0, 0.05) is 6.54 Å². The highest BCUT2D eigenvalue weighted by Gasteiger charge is 1.69. The maximum atomic E-state index is 8.15. The molecule has 7 heavy (non-hydrogen) atoms. The van der Waals surface area contributed by atoms with Crippen LogP contribution in [0.5, 0.6) is 0 Å². The Hall–Kier alpha value is -0.340. The zero-order valence-electron chi connectivity index (χ0n) is 4.52. The standard InChI is InChI=1S/C5H11NO/c1-2-3-4-6-5-7/h2-3,6-7H,4-5H2,1H3/b3-2+. The molecule has 0 aliphatic rings. The lowest BCUT2D eigenvalue weighted by atomic mass is 10.5. The van der Waals surface area contributed by atoms with Crippen molar-refractivity contribution in [2.24, 2.45) is 0 Å². The first-order valence-electron chi connectivity index (χ1n) is 2.34. The fourth-order valence-corrected chi connectivity index (χ4v) is 0.266. The summed E-state index contributed by atoms with van der Waals surface area (Å²) in [4.78, 5) is 0. The molecule has 0 saturated heterocycles. The Kier molecular flexibility index (Phi) is 5.39. The molecule has 2 N–H and O–H groups in total. The van der Waals surface area contributed by atoms with Crippen LogP contribution in [0.2, 0.25) is 0 Å². The van der Waals surface area contributed by atoms with Crippen molar-refractivity contribution in [2.45, 2.75) is 6.92 Å². The average molecular weight is 101 g/mol. The molecule has 0 aliphatic heterocycles. The molecule has 0 aliphatic carbocycles. The number of aliphatic hydroxyl groups excluding tert-OH is 1. The molecule has 0 aromatic rings. The highest BCUT2D eigenvalue weighted by Crippen LogP contribution is 1.63. The third-order valence-electron chi connectivity index (χ3n) is 0.610. The maximum Gasteiger partial charge on any atom is 0.0933 e. The lowest BCUT2D eigenvalue weighted by Crippen LogP contribution is -2.13. The lowest BCUT2D eigenvalue weighted by molar-refractivity contribution is 0.267. The van der Waals surface area contributed by atoms with Crippen molar-refractivity contribution in [3.05, 3.63) is 12.2 Å². The van der Waals surface area contributed by atoms with Crippen LogP contribution < -0.4 is 5.32 Å². The van der Waals surface area contributed by atoms with Crippen LogP contribution in [-0.4, -0.2) is 18.4 Å². The molecule has 0 saturated carbocycles. The molecule has 0 aromatic carbocycles. The first-order valence-corrected chi connectivity index (χ1v) is 2.34. The second kappa shape index (κ2) is 5.66. The number of aliphatic hydroxyl groups is 1. The van der Waals surface area contributed by atoms with Crippen LogP contribution in [0.4, 0.5) is 0 Å². The normalized spacial score (nSPS) is 10.6. The van der Waals surface area contributed by atoms with Gasteiger partial charge in [-0.3, -0.25) is 5.32 Å². The van der Waals surface area contributed by atoms with Crippen LogP contribution in [-0.2, 0) is 0 Å². The van der Waals surface area contributed by atoms with E-state index in [9.17, 15) is 0 Å². The summed E-state index contributed by atoms with van der Waals surface area (Å²) >= 11 is 0. The van der Waals surface area contributed by atoms with E-state index in [-0.39, 0.29) is 6.73 Å². The smallest absolute Gasteiger partial charge is 0.0933 e. The Bertz CT molecular complexity index is 52.0. The minimum Gasteiger partial charge on any atom is -0.381 e. The first-order chi connectivity index (χ1) is 3.41. The van der Waals surface area contributed by atoms with Crippen molar-refractivity contribution in [1.82, 2.24) is 5.32 Å². The highest BCUT2D eigenvalue weighted by molar-refractivity contribution is 4.78. The Labute approximate surface area is 43.9 Å². The summed E-state index contributed by atoms with van der Waals surface area (Å²) in [5, 5.41) is 10.9. The Balaban J connectivity index is 2.69. The van der Waals surface area contributed by atoms with Gasteiger partial charge in [0.15, 0.2) is 0 Å². The van der Waals surface area contributed by atoms with Crippen LogP contribution in [0, 0.1) is 0 Å². The van der Waals surface area contributed by atoms with Gasteiger partial charge in [0.25, 0.3) is 0 Å². The third kappa shape index (κ3) is 5.66. The van der Waals surface area contributed by atoms with Crippen molar-refractivity contribution < 1.29 is 5.11 Å². The molecule has 2 nitrogen and oxygen atoms in total. The molecule has 0 unspecified atom stereocenters. The fourth-order valence-electron chi connectivity index (χ4n) is 0.266. The summed E-state index contributed by atoms with van der Waals surface area (Å²) in [6, 6.07) is 0. The summed E-state index contributed by atoms with van der Waals surface area (Å²) in [5.41, 5.74) is 0. The van der Waals surface area contributed by atoms with Crippen molar-refractivity contribution in [1.29, 1.82) is 0 Å². The van der Waals surface area contributed by atoms with E-state index in [0.717, 1.165) is 6.54 Å². The van der Waals surface area contributed by atoms with Crippen LogP contribution in [0.15, 0.2) is 12.2 Å². The number of allylic oxidation sites excluding steroid dienone is 1. The van der Waals surface area contributed by atoms with E-state index in [4.69, 9.17) is 5.11 Å². The summed E-state index contributed by atoms with van der Waals surface area (Å²) < 4.78 is 0. The van der Waals surface area contributed by atoms with E-state index in [1.165, 1.54) is 0 Å². The molecule has 0 bridgehead atoms. The van der Waals surface area contributed by atoms with Crippen molar-refractivity contribution in [2.75, 3.05) is 13.3 Å². The molecule has 0 amide bonds. The van der Waals surface area contributed by atoms with Gasteiger partial charge in [-0.05, 0) is 6.92 Å². The number of hydrogen-bond donors (Lipinski definition) is 2. The van der Waals surface area contributed by atoms with Gasteiger partial charge < -0.3 is 5.11 Å². The van der Waals surface area contributed by atoms with Gasteiger partial charge in [-0.1, -0.05) is 12.2 Å². The average Bonchev–Trinajstić information content (AvgIpc) is 1.69. The van der Waals surface area contributed by atoms with E-state index in [1.807, 2.05) is 19.1 Å². The molecule has 2 heteroatoms. The van der Waals surface area contributed by atoms with Crippen LogP contribution >= 0.6 is 0 Å². The number of nitrogens with one attached hydrogen (secondary N) is 1. The zero-order valence-corrected chi connectivity index (χ0v) is 4.52. The van der Waals surface area contributed by atoms with E-state index in [0.29, 0.717) is 0 Å². The molecule has 0 rings (SSSR count). The topological polar surface area (TPSA) is 32.3 Å². The van der Waals surface area contributed by atoms with E-state index in [2.05, 4.69) is 5.32 Å². The van der Waals surface area contributed by atoms with Crippen LogP contribution in [0.1, 0.15) is 6.92 Å². The summed E-state index contributed by atoms with van der Waals surface area (Å²) in [6.45, 7) is 2.76. The van der Waals surface area contributed by atoms with Crippen molar-refractivity contribution >= 4 is 0 Å². The molecule has 0 atom stereocenters. The number of rotatable bonds is 3. The van der Waals surface area contributed by atoms with Gasteiger partial charge in [0.05, 0.1) is 6.73 Å². The summed E-state index contributed by atoms with van der Waals surface area (Å²) in [7, 11) is 0. The molecule has 0 spiro atoms. The predicted octanol–water partition coefficient (Wildman–Crippen LogP) is 0.102. The molecule has 0 radical (unpaired) electrons. The van der Waals surface area contributed by atoms with Gasteiger partial charge in [0.2, 0.25) is 0 Å². The lowest BCUT2D eigenvalue weighted by Gasteiger charge is -1.89. The van der Waals surface area contributed by atoms with Crippen LogP contribution in [0.25, 0.3) is 0 Å². The van der Waals surface area contributed by atoms with Gasteiger partial charge in [-0.2, -0.15) is 0 Å². The zero-order chi connectivity index (χ0) is 5.54. The van der Waals surface area contributed by atoms with Gasteiger partial charge in [-0.15, -0.1) is 0 Å². The van der Waals surface area contributed by atoms with Crippen molar-refractivity contribution in [3.63, 3.8) is 0 Å². The second-order valence-corrected chi connectivity index (χ2v) is 1.18. The van der Waals surface area contributed by atoms with Gasteiger partial charge in [-0.25, -0.2) is 0 Å². The minimum atomic E-state index is 0.0599. The minimum absolute atomic E-state index is 0.0599. The van der Waals surface area contributed by atoms with E-state index in [1.54, 1.807) is 0 Å². The summed E-state index contributed by atoms with van der Waals surface area (Å²) in [6.07, 6.45) is 3.87. The maximum absolute atomic E-state index is 8.15. The van der Waals surface area contributed by atoms with E-state index < -0.39 is 0 Å². The predicted molar refractivity (Wildman–Crippen MR) is 29.9 cm³/mol. The molecular weight excluding hydrogens is 90.1 g/mol. The molecular formula is C5H11NO. The van der Waals surface area contributed by atoms with Crippen molar-refractivity contribution in [3.8, 4) is 0 Å². The SMILES string of the molecule is C/C=C/CNCO. The Morgan fingerprint density at radius 1 is 1.71 bits per heavy atom. The largest absolute Gasteiger partial charge is 0.381 e. The van der Waals surface area contributed by atoms with Gasteiger partial charge >= 0.3 is 0 Å². The highest BCUT2D eigenvalue weighted by atomic mass is 16.3. The Morgan fingerprint density at radius 2 is 2.43 bits per heavy atom. The fraction of sp³-hybridized carbons (Fsp3) is 0.600. The quantitative estimate of drug-likeness (QED) is 0.300. The second-order valence-electron chi connectivity index (χ2n) is 1.18. The number of hydrogen-bond acceptors (Lipinski definition) is 2. The monoisotopic (exact) mass is 101 g/mol. The molecule has 0 heterocycles. The molecule has 42 valence electrons. The Morgan fingerprint density at radius 3 is 2.86 bits per heavy atom. The van der Waals surface area contributed by atoms with Gasteiger partial charge in [0.1, 0.15) is 0 Å². The molecule has 0 fully saturated rings. The van der Waals surface area contributed by atoms with Crippen LogP contribution in [0.3, 0.4) is 0 Å². The first kappa shape index (κ1) is 6.66. The molecule has 0 aromatic heterocycles. The van der Waals surface area contributed by atoms with E-state index >= 15 is 0 Å². The summed E-state index contributed by atoms with van der Waals surface area (Å²) in [5.74, 6) is 0. The third-order valence-corrected chi connectivity index (χ3v) is 0.610.